The van der Waals surface area contributed by atoms with E-state index in [1.807, 2.05) is 0 Å². The normalized spacial score (nSPS) is 10.6. The average molecular weight is 149 g/mol. The quantitative estimate of drug-likeness (QED) is 0.543. The molecular formula is C6H7N5. The van der Waals surface area contributed by atoms with E-state index in [2.05, 4.69) is 15.0 Å². The molecule has 0 spiro atoms. The number of aryl methyl sites for hydroxylation is 1. The first-order chi connectivity index (χ1) is 5.29. The fraction of sp³-hybridized carbons (Fsp3) is 0.167. The van der Waals surface area contributed by atoms with E-state index >= 15 is 0 Å². The molecule has 2 aromatic rings. The molecule has 0 aromatic carbocycles. The summed E-state index contributed by atoms with van der Waals surface area (Å²) in [6.07, 6.45) is 3.12. The van der Waals surface area contributed by atoms with Crippen molar-refractivity contribution in [2.24, 2.45) is 7.05 Å². The first kappa shape index (κ1) is 6.09. The number of hydrogen-bond donors (Lipinski definition) is 2. The third-order valence-electron chi connectivity index (χ3n) is 1.56. The highest BCUT2D eigenvalue weighted by atomic mass is 15.1. The zero-order valence-corrected chi connectivity index (χ0v) is 6.00. The Balaban J connectivity index is 3.05. The largest absolute Gasteiger partial charge is 0.329 e. The van der Waals surface area contributed by atoms with Crippen molar-refractivity contribution in [3.8, 4) is 0 Å². The molecule has 0 aliphatic carbocycles. The Morgan fingerprint density at radius 2 is 2.36 bits per heavy atom. The summed E-state index contributed by atoms with van der Waals surface area (Å²) >= 11 is 0. The van der Waals surface area contributed by atoms with E-state index in [-0.39, 0.29) is 0 Å². The topological polar surface area (TPSA) is 70.3 Å². The van der Waals surface area contributed by atoms with E-state index in [0.717, 1.165) is 0 Å². The monoisotopic (exact) mass is 149 g/mol. The molecule has 2 rings (SSSR count). The minimum Gasteiger partial charge on any atom is -0.329 e. The van der Waals surface area contributed by atoms with Gasteiger partial charge in [-0.2, -0.15) is 0 Å². The van der Waals surface area contributed by atoms with E-state index in [1.54, 1.807) is 17.9 Å². The first-order valence-corrected chi connectivity index (χ1v) is 3.18. The Hall–Kier alpha value is -1.65. The van der Waals surface area contributed by atoms with Crippen LogP contribution in [0.2, 0.25) is 0 Å². The van der Waals surface area contributed by atoms with Crippen molar-refractivity contribution < 1.29 is 0 Å². The number of aromatic amines is 1. The van der Waals surface area contributed by atoms with Crippen LogP contribution < -0.4 is 5.49 Å². The molecular weight excluding hydrogens is 142 g/mol. The first-order valence-electron chi connectivity index (χ1n) is 3.18. The number of aromatic nitrogens is 4. The van der Waals surface area contributed by atoms with E-state index in [1.165, 1.54) is 6.33 Å². The molecule has 2 aromatic heterocycles. The summed E-state index contributed by atoms with van der Waals surface area (Å²) in [5, 5.41) is 7.55. The van der Waals surface area contributed by atoms with E-state index in [4.69, 9.17) is 5.41 Å². The summed E-state index contributed by atoms with van der Waals surface area (Å²) in [6.45, 7) is 0. The summed E-state index contributed by atoms with van der Waals surface area (Å²) in [6, 6.07) is 0. The number of fused-ring (bicyclic) bond motifs is 1. The standard InChI is InChI=1S/C6H7N5/c1-11-3-10-6-4(5(11)7)8-2-9-6/h2-3,7H,1H3,(H,8,9). The van der Waals surface area contributed by atoms with Gasteiger partial charge in [-0.1, -0.05) is 0 Å². The highest BCUT2D eigenvalue weighted by Crippen LogP contribution is 1.95. The van der Waals surface area contributed by atoms with Gasteiger partial charge in [0.25, 0.3) is 0 Å². The maximum atomic E-state index is 7.55. The lowest BCUT2D eigenvalue weighted by Crippen LogP contribution is -2.17. The van der Waals surface area contributed by atoms with Crippen LogP contribution in [-0.2, 0) is 7.05 Å². The Morgan fingerprint density at radius 3 is 3.18 bits per heavy atom. The van der Waals surface area contributed by atoms with Gasteiger partial charge in [0.05, 0.1) is 12.7 Å². The van der Waals surface area contributed by atoms with Crippen LogP contribution >= 0.6 is 0 Å². The SMILES string of the molecule is Cn1cnc2[nH]cnc2c1=N. The molecule has 0 saturated carbocycles. The smallest absolute Gasteiger partial charge is 0.162 e. The van der Waals surface area contributed by atoms with Crippen LogP contribution in [0.1, 0.15) is 0 Å². The van der Waals surface area contributed by atoms with Crippen molar-refractivity contribution in [2.75, 3.05) is 0 Å². The highest BCUT2D eigenvalue weighted by Gasteiger charge is 1.98. The van der Waals surface area contributed by atoms with Gasteiger partial charge in [0.2, 0.25) is 0 Å². The van der Waals surface area contributed by atoms with Gasteiger partial charge in [-0.3, -0.25) is 5.41 Å². The molecule has 0 aliphatic rings. The van der Waals surface area contributed by atoms with Crippen LogP contribution in [0.15, 0.2) is 12.7 Å². The maximum Gasteiger partial charge on any atom is 0.162 e. The molecule has 0 bridgehead atoms. The van der Waals surface area contributed by atoms with Gasteiger partial charge in [-0.15, -0.1) is 0 Å². The minimum atomic E-state index is 0.372. The zero-order valence-electron chi connectivity index (χ0n) is 6.00. The van der Waals surface area contributed by atoms with Crippen LogP contribution in [0.25, 0.3) is 11.2 Å². The molecule has 0 atom stereocenters. The van der Waals surface area contributed by atoms with Crippen LogP contribution in [0, 0.1) is 5.41 Å². The van der Waals surface area contributed by atoms with E-state index < -0.39 is 0 Å². The zero-order chi connectivity index (χ0) is 7.84. The van der Waals surface area contributed by atoms with Gasteiger partial charge >= 0.3 is 0 Å². The Labute approximate surface area is 62.2 Å². The lowest BCUT2D eigenvalue weighted by Gasteiger charge is -1.94. The number of nitrogens with one attached hydrogen (secondary N) is 2. The van der Waals surface area contributed by atoms with Gasteiger partial charge in [-0.25, -0.2) is 9.97 Å². The fourth-order valence-corrected chi connectivity index (χ4v) is 0.928. The van der Waals surface area contributed by atoms with Crippen LogP contribution in [0.5, 0.6) is 0 Å². The summed E-state index contributed by atoms with van der Waals surface area (Å²) < 4.78 is 1.61. The highest BCUT2D eigenvalue weighted by molar-refractivity contribution is 5.67. The van der Waals surface area contributed by atoms with Crippen molar-refractivity contribution in [3.05, 3.63) is 18.1 Å². The predicted molar refractivity (Wildman–Crippen MR) is 38.7 cm³/mol. The lowest BCUT2D eigenvalue weighted by atomic mass is 10.5. The Bertz CT molecular complexity index is 437. The number of rotatable bonds is 0. The van der Waals surface area contributed by atoms with Crippen molar-refractivity contribution in [3.63, 3.8) is 0 Å². The fourth-order valence-electron chi connectivity index (χ4n) is 0.928. The molecule has 0 saturated heterocycles. The van der Waals surface area contributed by atoms with E-state index in [0.29, 0.717) is 16.7 Å². The van der Waals surface area contributed by atoms with Crippen LogP contribution in [-0.4, -0.2) is 19.5 Å². The summed E-state index contributed by atoms with van der Waals surface area (Å²) in [4.78, 5) is 10.8. The number of nitrogens with zero attached hydrogens (tertiary/aromatic N) is 3. The van der Waals surface area contributed by atoms with Gasteiger partial charge < -0.3 is 9.55 Å². The van der Waals surface area contributed by atoms with Crippen LogP contribution in [0.4, 0.5) is 0 Å². The second-order valence-corrected chi connectivity index (χ2v) is 2.30. The summed E-state index contributed by atoms with van der Waals surface area (Å²) in [7, 11) is 1.77. The number of H-pyrrole nitrogens is 1. The minimum absolute atomic E-state index is 0.372. The second-order valence-electron chi connectivity index (χ2n) is 2.30. The Kier molecular flexibility index (Phi) is 1.06. The van der Waals surface area contributed by atoms with E-state index in [9.17, 15) is 0 Å². The molecule has 2 N–H and O–H groups in total. The van der Waals surface area contributed by atoms with Crippen molar-refractivity contribution >= 4 is 11.2 Å². The number of imidazole rings is 1. The average Bonchev–Trinajstić information content (AvgIpc) is 2.45. The van der Waals surface area contributed by atoms with Crippen LogP contribution in [0.3, 0.4) is 0 Å². The maximum absolute atomic E-state index is 7.55. The van der Waals surface area contributed by atoms with Crippen molar-refractivity contribution in [2.45, 2.75) is 0 Å². The Morgan fingerprint density at radius 1 is 1.55 bits per heavy atom. The molecule has 0 radical (unpaired) electrons. The van der Waals surface area contributed by atoms with Gasteiger partial charge in [-0.05, 0) is 0 Å². The summed E-state index contributed by atoms with van der Waals surface area (Å²) in [5.41, 5.74) is 1.64. The van der Waals surface area contributed by atoms with Crippen molar-refractivity contribution in [1.29, 1.82) is 5.41 Å². The molecule has 0 amide bonds. The third kappa shape index (κ3) is 0.739. The van der Waals surface area contributed by atoms with Gasteiger partial charge in [0.1, 0.15) is 5.52 Å². The number of hydrogen-bond acceptors (Lipinski definition) is 3. The van der Waals surface area contributed by atoms with Crippen molar-refractivity contribution in [1.82, 2.24) is 19.5 Å². The second kappa shape index (κ2) is 1.91. The predicted octanol–water partition coefficient (Wildman–Crippen LogP) is -0.224. The molecule has 56 valence electrons. The molecule has 0 fully saturated rings. The summed E-state index contributed by atoms with van der Waals surface area (Å²) in [5.74, 6) is 0. The lowest BCUT2D eigenvalue weighted by molar-refractivity contribution is 0.802. The molecule has 5 heteroatoms. The molecule has 2 heterocycles. The van der Waals surface area contributed by atoms with Gasteiger partial charge in [0, 0.05) is 7.05 Å². The molecule has 11 heavy (non-hydrogen) atoms. The molecule has 0 unspecified atom stereocenters. The molecule has 0 aliphatic heterocycles. The molecule has 5 nitrogen and oxygen atoms in total. The van der Waals surface area contributed by atoms with Gasteiger partial charge in [0.15, 0.2) is 11.1 Å². The third-order valence-corrected chi connectivity index (χ3v) is 1.56.